The monoisotopic (exact) mass is 433 g/mol. The summed E-state index contributed by atoms with van der Waals surface area (Å²) in [7, 11) is 0. The summed E-state index contributed by atoms with van der Waals surface area (Å²) >= 11 is 13.5. The summed E-state index contributed by atoms with van der Waals surface area (Å²) in [6.07, 6.45) is 1.72. The molecule has 2 aromatic rings. The number of nitrogens with one attached hydrogen (secondary N) is 1. The van der Waals surface area contributed by atoms with Crippen molar-refractivity contribution in [2.75, 3.05) is 6.54 Å². The zero-order valence-electron chi connectivity index (χ0n) is 12.2. The third-order valence-corrected chi connectivity index (χ3v) is 4.38. The van der Waals surface area contributed by atoms with Crippen molar-refractivity contribution in [3.8, 4) is 0 Å². The fourth-order valence-electron chi connectivity index (χ4n) is 2.35. The Morgan fingerprint density at radius 3 is 2.38 bits per heavy atom. The van der Waals surface area contributed by atoms with Crippen molar-refractivity contribution in [1.82, 2.24) is 15.1 Å². The molecule has 1 unspecified atom stereocenters. The minimum atomic E-state index is 0.00111. The SMILES string of the molecule is CCNC(c1cc(Br)cc(Br)c1)c1c(Cl)cnn1C(C)C. The van der Waals surface area contributed by atoms with Crippen LogP contribution in [0.4, 0.5) is 0 Å². The fourth-order valence-corrected chi connectivity index (χ4v) is 3.92. The van der Waals surface area contributed by atoms with Crippen LogP contribution in [0.2, 0.25) is 5.02 Å². The van der Waals surface area contributed by atoms with Gasteiger partial charge in [0.2, 0.25) is 0 Å². The van der Waals surface area contributed by atoms with Gasteiger partial charge in [-0.3, -0.25) is 4.68 Å². The van der Waals surface area contributed by atoms with Crippen LogP contribution in [-0.4, -0.2) is 16.3 Å². The quantitative estimate of drug-likeness (QED) is 0.687. The van der Waals surface area contributed by atoms with E-state index in [0.29, 0.717) is 5.02 Å². The lowest BCUT2D eigenvalue weighted by Crippen LogP contribution is -2.26. The second-order valence-corrected chi connectivity index (χ2v) is 7.35. The number of benzene rings is 1. The van der Waals surface area contributed by atoms with Gasteiger partial charge in [0.05, 0.1) is 23.0 Å². The van der Waals surface area contributed by atoms with Crippen molar-refractivity contribution in [2.45, 2.75) is 32.9 Å². The van der Waals surface area contributed by atoms with Crippen LogP contribution in [0.25, 0.3) is 0 Å². The molecule has 1 aromatic heterocycles. The molecule has 0 aliphatic heterocycles. The first-order chi connectivity index (χ1) is 9.93. The van der Waals surface area contributed by atoms with Gasteiger partial charge in [-0.05, 0) is 44.2 Å². The van der Waals surface area contributed by atoms with Gasteiger partial charge in [0.1, 0.15) is 0 Å². The van der Waals surface area contributed by atoms with E-state index in [4.69, 9.17) is 11.6 Å². The summed E-state index contributed by atoms with van der Waals surface area (Å²) in [5, 5.41) is 8.60. The molecular formula is C15H18Br2ClN3. The second-order valence-electron chi connectivity index (χ2n) is 5.11. The van der Waals surface area contributed by atoms with Gasteiger partial charge in [-0.2, -0.15) is 5.10 Å². The van der Waals surface area contributed by atoms with E-state index in [1.165, 1.54) is 0 Å². The molecule has 1 atom stereocenters. The molecule has 0 fully saturated rings. The summed E-state index contributed by atoms with van der Waals surface area (Å²) in [4.78, 5) is 0. The van der Waals surface area contributed by atoms with Crippen LogP contribution < -0.4 is 5.32 Å². The molecule has 1 N–H and O–H groups in total. The van der Waals surface area contributed by atoms with Crippen molar-refractivity contribution in [3.63, 3.8) is 0 Å². The molecule has 6 heteroatoms. The second kappa shape index (κ2) is 7.27. The highest BCUT2D eigenvalue weighted by atomic mass is 79.9. The van der Waals surface area contributed by atoms with Gasteiger partial charge in [-0.1, -0.05) is 50.4 Å². The van der Waals surface area contributed by atoms with Gasteiger partial charge in [0, 0.05) is 15.0 Å². The van der Waals surface area contributed by atoms with Crippen LogP contribution in [0, 0.1) is 0 Å². The summed E-state index contributed by atoms with van der Waals surface area (Å²) in [5.74, 6) is 0. The van der Waals surface area contributed by atoms with Crippen LogP contribution in [0.15, 0.2) is 33.3 Å². The molecule has 0 spiro atoms. The van der Waals surface area contributed by atoms with E-state index in [1.54, 1.807) is 6.20 Å². The smallest absolute Gasteiger partial charge is 0.0837 e. The minimum absolute atomic E-state index is 0.00111. The Morgan fingerprint density at radius 2 is 1.86 bits per heavy atom. The number of hydrogen-bond acceptors (Lipinski definition) is 2. The lowest BCUT2D eigenvalue weighted by Gasteiger charge is -2.22. The Hall–Kier alpha value is -0.360. The topological polar surface area (TPSA) is 29.9 Å². The van der Waals surface area contributed by atoms with E-state index in [2.05, 4.69) is 75.2 Å². The zero-order valence-corrected chi connectivity index (χ0v) is 16.1. The lowest BCUT2D eigenvalue weighted by atomic mass is 10.0. The molecule has 0 radical (unpaired) electrons. The zero-order chi connectivity index (χ0) is 15.6. The summed E-state index contributed by atoms with van der Waals surface area (Å²) < 4.78 is 4.04. The first-order valence-corrected chi connectivity index (χ1v) is 8.82. The predicted molar refractivity (Wildman–Crippen MR) is 95.0 cm³/mol. The van der Waals surface area contributed by atoms with Crippen LogP contribution in [0.1, 0.15) is 44.1 Å². The summed E-state index contributed by atoms with van der Waals surface area (Å²) in [6, 6.07) is 6.48. The number of hydrogen-bond donors (Lipinski definition) is 1. The molecule has 1 heterocycles. The van der Waals surface area contributed by atoms with Crippen LogP contribution >= 0.6 is 43.5 Å². The third-order valence-electron chi connectivity index (χ3n) is 3.18. The molecule has 0 aliphatic carbocycles. The van der Waals surface area contributed by atoms with E-state index in [0.717, 1.165) is 26.7 Å². The molecule has 1 aromatic carbocycles. The highest BCUT2D eigenvalue weighted by Gasteiger charge is 2.23. The van der Waals surface area contributed by atoms with Gasteiger partial charge >= 0.3 is 0 Å². The summed E-state index contributed by atoms with van der Waals surface area (Å²) in [6.45, 7) is 7.14. The van der Waals surface area contributed by atoms with E-state index in [9.17, 15) is 0 Å². The molecule has 21 heavy (non-hydrogen) atoms. The highest BCUT2D eigenvalue weighted by molar-refractivity contribution is 9.11. The molecule has 114 valence electrons. The van der Waals surface area contributed by atoms with Crippen molar-refractivity contribution >= 4 is 43.5 Å². The van der Waals surface area contributed by atoms with E-state index in [1.807, 2.05) is 10.7 Å². The Morgan fingerprint density at radius 1 is 1.24 bits per heavy atom. The predicted octanol–water partition coefficient (Wildman–Crippen LogP) is 5.34. The highest BCUT2D eigenvalue weighted by Crippen LogP contribution is 2.33. The summed E-state index contributed by atoms with van der Waals surface area (Å²) in [5.41, 5.74) is 2.14. The molecule has 0 saturated heterocycles. The lowest BCUT2D eigenvalue weighted by molar-refractivity contribution is 0.476. The van der Waals surface area contributed by atoms with E-state index < -0.39 is 0 Å². The molecule has 0 amide bonds. The number of rotatable bonds is 5. The Labute approximate surface area is 147 Å². The number of halogens is 3. The van der Waals surface area contributed by atoms with Gasteiger partial charge in [0.15, 0.2) is 0 Å². The minimum Gasteiger partial charge on any atom is -0.305 e. The Bertz CT molecular complexity index is 605. The average Bonchev–Trinajstić information content (AvgIpc) is 2.76. The molecule has 3 nitrogen and oxygen atoms in total. The number of aromatic nitrogens is 2. The maximum absolute atomic E-state index is 6.40. The van der Waals surface area contributed by atoms with Crippen molar-refractivity contribution in [3.05, 3.63) is 49.6 Å². The number of nitrogens with zero attached hydrogens (tertiary/aromatic N) is 2. The Balaban J connectivity index is 2.56. The van der Waals surface area contributed by atoms with E-state index >= 15 is 0 Å². The third kappa shape index (κ3) is 3.89. The maximum atomic E-state index is 6.40. The molecule has 0 aliphatic rings. The van der Waals surface area contributed by atoms with Crippen LogP contribution in [-0.2, 0) is 0 Å². The first kappa shape index (κ1) is 17.0. The average molecular weight is 436 g/mol. The Kier molecular flexibility index (Phi) is 5.88. The normalized spacial score (nSPS) is 12.9. The molecule has 0 saturated carbocycles. The molecule has 2 rings (SSSR count). The first-order valence-electron chi connectivity index (χ1n) is 6.86. The largest absolute Gasteiger partial charge is 0.305 e. The van der Waals surface area contributed by atoms with Gasteiger partial charge in [0.25, 0.3) is 0 Å². The van der Waals surface area contributed by atoms with Crippen molar-refractivity contribution in [1.29, 1.82) is 0 Å². The standard InChI is InChI=1S/C15H18Br2ClN3/c1-4-19-14(10-5-11(16)7-12(17)6-10)15-13(18)8-20-21(15)9(2)3/h5-9,14,19H,4H2,1-3H3. The van der Waals surface area contributed by atoms with Crippen molar-refractivity contribution in [2.24, 2.45) is 0 Å². The van der Waals surface area contributed by atoms with Crippen LogP contribution in [0.5, 0.6) is 0 Å². The van der Waals surface area contributed by atoms with Crippen LogP contribution in [0.3, 0.4) is 0 Å². The van der Waals surface area contributed by atoms with Crippen molar-refractivity contribution < 1.29 is 0 Å². The maximum Gasteiger partial charge on any atom is 0.0837 e. The molecular weight excluding hydrogens is 417 g/mol. The van der Waals surface area contributed by atoms with Gasteiger partial charge in [-0.25, -0.2) is 0 Å². The molecule has 0 bridgehead atoms. The van der Waals surface area contributed by atoms with Gasteiger partial charge < -0.3 is 5.32 Å². The van der Waals surface area contributed by atoms with E-state index in [-0.39, 0.29) is 12.1 Å². The van der Waals surface area contributed by atoms with Gasteiger partial charge in [-0.15, -0.1) is 0 Å². The fraction of sp³-hybridized carbons (Fsp3) is 0.400.